The lowest BCUT2D eigenvalue weighted by Gasteiger charge is -2.40. The average Bonchev–Trinajstić information content (AvgIpc) is 3.98. The van der Waals surface area contributed by atoms with Crippen molar-refractivity contribution >= 4 is 78.3 Å². The summed E-state index contributed by atoms with van der Waals surface area (Å²) < 4.78 is 65.9. The molecule has 5 aromatic rings. The maximum atomic E-state index is 14.4. The van der Waals surface area contributed by atoms with Crippen LogP contribution in [0.3, 0.4) is 0 Å². The molecule has 1 spiro atoms. The summed E-state index contributed by atoms with van der Waals surface area (Å²) in [6, 6.07) is 10.6. The van der Waals surface area contributed by atoms with Gasteiger partial charge in [-0.1, -0.05) is 6.42 Å². The lowest BCUT2D eigenvalue weighted by atomic mass is 9.78. The molecular weight excluding hydrogens is 781 g/mol. The molecule has 0 amide bonds. The van der Waals surface area contributed by atoms with Gasteiger partial charge in [-0.15, -0.1) is 34.0 Å². The van der Waals surface area contributed by atoms with Gasteiger partial charge in [0.15, 0.2) is 40.6 Å². The Morgan fingerprint density at radius 2 is 1.20 bits per heavy atom. The first-order valence-corrected chi connectivity index (χ1v) is 19.4. The number of hydrogen-bond donors (Lipinski definition) is 0. The van der Waals surface area contributed by atoms with E-state index in [1.165, 1.54) is 40.1 Å². The monoisotopic (exact) mass is 798 g/mol. The minimum absolute atomic E-state index is 0.0138. The van der Waals surface area contributed by atoms with Crippen molar-refractivity contribution in [3.05, 3.63) is 143 Å². The fourth-order valence-electron chi connectivity index (χ4n) is 7.97. The molecule has 0 saturated heterocycles. The predicted octanol–water partition coefficient (Wildman–Crippen LogP) is 11.7. The van der Waals surface area contributed by atoms with Gasteiger partial charge in [-0.05, 0) is 85.4 Å². The van der Waals surface area contributed by atoms with Crippen LogP contribution < -0.4 is 4.74 Å². The Bertz CT molecular complexity index is 2980. The zero-order valence-corrected chi connectivity index (χ0v) is 30.9. The third-order valence-corrected chi connectivity index (χ3v) is 14.0. The number of ether oxygens (including phenoxy) is 1. The number of fused-ring (bicyclic) bond motifs is 8. The molecule has 0 N–H and O–H groups in total. The molecule has 0 radical (unpaired) electrons. The second-order valence-corrected chi connectivity index (χ2v) is 16.7. The molecule has 2 aromatic carbocycles. The summed E-state index contributed by atoms with van der Waals surface area (Å²) in [5, 5.41) is 19.5. The highest BCUT2D eigenvalue weighted by molar-refractivity contribution is 7.32. The number of Topliss-reactive ketones (excluding diaryl/α,β-unsaturated/α-hetero) is 2. The van der Waals surface area contributed by atoms with Crippen LogP contribution in [0.15, 0.2) is 58.9 Å². The van der Waals surface area contributed by atoms with Crippen molar-refractivity contribution in [1.82, 2.24) is 0 Å². The van der Waals surface area contributed by atoms with Crippen molar-refractivity contribution in [3.8, 4) is 27.6 Å². The zero-order chi connectivity index (χ0) is 39.2. The molecule has 1 fully saturated rings. The Balaban J connectivity index is 1.18. The van der Waals surface area contributed by atoms with E-state index in [0.29, 0.717) is 28.3 Å². The van der Waals surface area contributed by atoms with Crippen LogP contribution in [0.2, 0.25) is 0 Å². The first kappa shape index (κ1) is 35.3. The average molecular weight is 799 g/mol. The van der Waals surface area contributed by atoms with Crippen molar-refractivity contribution in [2.24, 2.45) is 0 Å². The molecule has 0 atom stereocenters. The minimum Gasteiger partial charge on any atom is -0.479 e. The largest absolute Gasteiger partial charge is 0.479 e. The predicted molar refractivity (Wildman–Crippen MR) is 204 cm³/mol. The molecule has 4 aliphatic rings. The van der Waals surface area contributed by atoms with Gasteiger partial charge in [0.1, 0.15) is 5.60 Å². The Hall–Kier alpha value is -6.42. The van der Waals surface area contributed by atoms with E-state index in [4.69, 9.17) is 17.9 Å². The number of benzene rings is 2. The van der Waals surface area contributed by atoms with Crippen LogP contribution in [0.1, 0.15) is 79.3 Å². The van der Waals surface area contributed by atoms with Gasteiger partial charge in [0, 0.05) is 48.7 Å². The second kappa shape index (κ2) is 12.8. The number of carbonyl (C=O) groups is 2. The molecule has 1 saturated carbocycles. The molecule has 56 heavy (non-hydrogen) atoms. The van der Waals surface area contributed by atoms with E-state index >= 15 is 0 Å². The highest BCUT2D eigenvalue weighted by Gasteiger charge is 2.45. The van der Waals surface area contributed by atoms with Gasteiger partial charge in [-0.3, -0.25) is 9.59 Å². The van der Waals surface area contributed by atoms with Gasteiger partial charge in [0.25, 0.3) is 11.4 Å². The number of nitriles is 2. The number of nitrogens with zero attached hydrogens (tertiary/aromatic N) is 4. The lowest BCUT2D eigenvalue weighted by Crippen LogP contribution is -2.37. The maximum Gasteiger partial charge on any atom is 0.270 e. The molecule has 9 rings (SSSR count). The van der Waals surface area contributed by atoms with E-state index in [9.17, 15) is 37.7 Å². The quantitative estimate of drug-likeness (QED) is 0.0766. The van der Waals surface area contributed by atoms with Gasteiger partial charge in [-0.2, -0.15) is 0 Å². The van der Waals surface area contributed by atoms with E-state index in [0.717, 1.165) is 68.2 Å². The fraction of sp³-hybridized carbons (Fsp3) is 0.143. The number of rotatable bonds is 2. The van der Waals surface area contributed by atoms with E-state index in [-0.39, 0.29) is 44.5 Å². The third kappa shape index (κ3) is 5.08. The zero-order valence-electron chi connectivity index (χ0n) is 28.4. The molecule has 270 valence electrons. The number of thiophene rings is 3. The molecule has 0 unspecified atom stereocenters. The van der Waals surface area contributed by atoms with Crippen molar-refractivity contribution in [3.63, 3.8) is 0 Å². The van der Waals surface area contributed by atoms with Gasteiger partial charge in [-0.25, -0.2) is 37.8 Å². The summed E-state index contributed by atoms with van der Waals surface area (Å²) in [5.74, 6) is -5.48. The van der Waals surface area contributed by atoms with Crippen LogP contribution in [0, 0.1) is 59.1 Å². The standard InChI is InChI=1S/C42H18F4N4O3S3/c1-49-31(16-47)34-20-12-27(43)29(45)14-22(20)36(51)24(34)8-18-10-26-39(54-18)41-38(53-42(26)6-4-3-5-7-42)40-33(56-41)11-19(55-40)9-25-35(32(17-48)50-2)21-13-28(44)30(46)15-23(21)37(25)52/h8-15H,3-7H2/b24-8-,25-9-,34-31?,35-32+. The summed E-state index contributed by atoms with van der Waals surface area (Å²) >= 11 is 4.17. The minimum atomic E-state index is -1.22. The normalized spacial score (nSPS) is 19.5. The number of hydrogen-bond acceptors (Lipinski definition) is 8. The number of allylic oxidation sites excluding steroid dienone is 6. The Morgan fingerprint density at radius 1 is 0.696 bits per heavy atom. The van der Waals surface area contributed by atoms with Crippen LogP contribution in [-0.4, -0.2) is 11.6 Å². The maximum absolute atomic E-state index is 14.4. The van der Waals surface area contributed by atoms with Gasteiger partial charge >= 0.3 is 0 Å². The molecule has 3 aromatic heterocycles. The van der Waals surface area contributed by atoms with Crippen LogP contribution in [0.25, 0.3) is 52.1 Å². The van der Waals surface area contributed by atoms with E-state index in [2.05, 4.69) is 9.69 Å². The lowest BCUT2D eigenvalue weighted by molar-refractivity contribution is 0.0267. The molecule has 4 heterocycles. The SMILES string of the molecule is [C-]#[N+]C(C#N)=C1/C(=C/c2cc3c(s2)-c2sc4cc(/C=C5\C(=O)c6cc(F)c(F)cc6\C5=C(\C#N)[N+]#[C-])sc4c2OC32CCCCC2)C(=O)c2cc(F)c(F)cc21. The topological polar surface area (TPSA) is 99.7 Å². The van der Waals surface area contributed by atoms with Crippen LogP contribution in [0.4, 0.5) is 17.6 Å². The van der Waals surface area contributed by atoms with E-state index in [1.807, 2.05) is 12.1 Å². The number of ketones is 2. The Labute approximate surface area is 327 Å². The van der Waals surface area contributed by atoms with Crippen molar-refractivity contribution < 1.29 is 31.9 Å². The van der Waals surface area contributed by atoms with Gasteiger partial charge in [0.2, 0.25) is 0 Å². The van der Waals surface area contributed by atoms with Crippen molar-refractivity contribution in [2.75, 3.05) is 0 Å². The van der Waals surface area contributed by atoms with Gasteiger partial charge in [0.05, 0.1) is 44.4 Å². The molecule has 14 heteroatoms. The Kier molecular flexibility index (Phi) is 8.09. The molecule has 1 aliphatic heterocycles. The van der Waals surface area contributed by atoms with E-state index in [1.54, 1.807) is 18.2 Å². The molecule has 3 aliphatic carbocycles. The molecule has 0 bridgehead atoms. The number of carbonyl (C=O) groups excluding carboxylic acids is 2. The highest BCUT2D eigenvalue weighted by Crippen LogP contribution is 2.60. The first-order valence-electron chi connectivity index (χ1n) is 17.0. The Morgan fingerprint density at radius 3 is 1.70 bits per heavy atom. The molecule has 7 nitrogen and oxygen atoms in total. The smallest absolute Gasteiger partial charge is 0.270 e. The summed E-state index contributed by atoms with van der Waals surface area (Å²) in [6.45, 7) is 15.1. The third-order valence-electron chi connectivity index (χ3n) is 10.4. The van der Waals surface area contributed by atoms with Crippen LogP contribution >= 0.6 is 34.0 Å². The summed E-state index contributed by atoms with van der Waals surface area (Å²) in [7, 11) is 0. The van der Waals surface area contributed by atoms with Gasteiger partial charge < -0.3 is 4.74 Å². The first-order chi connectivity index (χ1) is 27.0. The highest BCUT2D eigenvalue weighted by atomic mass is 32.1. The van der Waals surface area contributed by atoms with Crippen LogP contribution in [-0.2, 0) is 5.60 Å². The summed E-state index contributed by atoms with van der Waals surface area (Å²) in [5.41, 5.74) is -1.09. The number of halogens is 4. The fourth-order valence-corrected chi connectivity index (χ4v) is 11.8. The van der Waals surface area contributed by atoms with Crippen molar-refractivity contribution in [1.29, 1.82) is 10.5 Å². The van der Waals surface area contributed by atoms with Crippen molar-refractivity contribution in [2.45, 2.75) is 37.7 Å². The van der Waals surface area contributed by atoms with Crippen LogP contribution in [0.5, 0.6) is 5.75 Å². The summed E-state index contributed by atoms with van der Waals surface area (Å²) in [4.78, 5) is 36.8. The van der Waals surface area contributed by atoms with E-state index < -0.39 is 51.8 Å². The molecular formula is C42H18F4N4O3S3. The second-order valence-electron chi connectivity index (χ2n) is 13.4. The summed E-state index contributed by atoms with van der Waals surface area (Å²) in [6.07, 6.45) is 7.31.